The lowest BCUT2D eigenvalue weighted by atomic mass is 10.2. The maximum Gasteiger partial charge on any atom is 0.420 e. The number of hydrogen-bond donors (Lipinski definition) is 2. The van der Waals surface area contributed by atoms with E-state index in [4.69, 9.17) is 9.15 Å². The summed E-state index contributed by atoms with van der Waals surface area (Å²) in [5.41, 5.74) is 2.31. The summed E-state index contributed by atoms with van der Waals surface area (Å²) in [5, 5.41) is 5.47. The van der Waals surface area contributed by atoms with Gasteiger partial charge in [0.25, 0.3) is 0 Å². The van der Waals surface area contributed by atoms with Gasteiger partial charge in [0.2, 0.25) is 0 Å². The van der Waals surface area contributed by atoms with Gasteiger partial charge in [-0.05, 0) is 57.2 Å². The molecule has 1 aromatic heterocycles. The van der Waals surface area contributed by atoms with Crippen molar-refractivity contribution in [3.63, 3.8) is 0 Å². The van der Waals surface area contributed by atoms with Gasteiger partial charge < -0.3 is 19.8 Å². The average Bonchev–Trinajstić information content (AvgIpc) is 2.92. The quantitative estimate of drug-likeness (QED) is 0.717. The second kappa shape index (κ2) is 7.35. The first-order valence-corrected chi connectivity index (χ1v) is 8.44. The molecule has 0 unspecified atom stereocenters. The number of nitrogens with one attached hydrogen (secondary N) is 2. The van der Waals surface area contributed by atoms with E-state index in [9.17, 15) is 9.59 Å². The summed E-state index contributed by atoms with van der Waals surface area (Å²) >= 11 is 0. The molecule has 0 spiro atoms. The molecule has 1 heterocycles. The Hall–Kier alpha value is -3.22. The normalized spacial score (nSPS) is 10.9. The van der Waals surface area contributed by atoms with Gasteiger partial charge in [-0.2, -0.15) is 0 Å². The number of urea groups is 1. The maximum atomic E-state index is 12.2. The van der Waals surface area contributed by atoms with Gasteiger partial charge in [0, 0.05) is 23.5 Å². The fraction of sp³-hybridized carbons (Fsp3) is 0.263. The number of nitrogens with zero attached hydrogens (tertiary/aromatic N) is 1. The van der Waals surface area contributed by atoms with E-state index in [2.05, 4.69) is 10.6 Å². The number of anilines is 2. The summed E-state index contributed by atoms with van der Waals surface area (Å²) in [4.78, 5) is 24.1. The first-order chi connectivity index (χ1) is 12.5. The monoisotopic (exact) mass is 355 g/mol. The largest absolute Gasteiger partial charge is 0.494 e. The number of carbonyl (C=O) groups excluding carboxylic acids is 1. The second-order valence-electron chi connectivity index (χ2n) is 6.05. The van der Waals surface area contributed by atoms with Crippen LogP contribution in [0.4, 0.5) is 16.2 Å². The van der Waals surface area contributed by atoms with Crippen molar-refractivity contribution < 1.29 is 13.9 Å². The Morgan fingerprint density at radius 1 is 1.12 bits per heavy atom. The number of ether oxygens (including phenoxy) is 1. The van der Waals surface area contributed by atoms with Crippen molar-refractivity contribution >= 4 is 28.5 Å². The lowest BCUT2D eigenvalue weighted by Crippen LogP contribution is -2.19. The number of fused-ring (bicyclic) bond motifs is 1. The van der Waals surface area contributed by atoms with E-state index in [1.165, 1.54) is 0 Å². The zero-order valence-electron chi connectivity index (χ0n) is 14.9. The third kappa shape index (κ3) is 3.72. The number of oxazole rings is 1. The lowest BCUT2D eigenvalue weighted by molar-refractivity contribution is 0.262. The van der Waals surface area contributed by atoms with Gasteiger partial charge >= 0.3 is 11.8 Å². The molecule has 26 heavy (non-hydrogen) atoms. The van der Waals surface area contributed by atoms with Crippen molar-refractivity contribution in [3.05, 3.63) is 53.0 Å². The van der Waals surface area contributed by atoms with E-state index >= 15 is 0 Å². The molecule has 136 valence electrons. The SMILES string of the molecule is CCOc1ccc(NC(=O)Nc2ccc3c(c2)oc(=O)n3C(C)C)cc1. The highest BCUT2D eigenvalue weighted by Crippen LogP contribution is 2.21. The minimum absolute atomic E-state index is 0.00878. The summed E-state index contributed by atoms with van der Waals surface area (Å²) in [6, 6.07) is 11.8. The van der Waals surface area contributed by atoms with Crippen molar-refractivity contribution in [2.75, 3.05) is 17.2 Å². The molecule has 0 fully saturated rings. The first kappa shape index (κ1) is 17.6. The van der Waals surface area contributed by atoms with Gasteiger partial charge in [0.05, 0.1) is 12.1 Å². The molecule has 2 aromatic carbocycles. The number of rotatable bonds is 5. The molecule has 2 amide bonds. The summed E-state index contributed by atoms with van der Waals surface area (Å²) in [5.74, 6) is 0.333. The molecule has 7 heteroatoms. The molecule has 3 rings (SSSR count). The Balaban J connectivity index is 1.72. The Labute approximate surface area is 150 Å². The second-order valence-corrected chi connectivity index (χ2v) is 6.05. The Morgan fingerprint density at radius 3 is 2.42 bits per heavy atom. The van der Waals surface area contributed by atoms with Crippen molar-refractivity contribution in [2.45, 2.75) is 26.8 Å². The van der Waals surface area contributed by atoms with Gasteiger partial charge in [-0.1, -0.05) is 0 Å². The summed E-state index contributed by atoms with van der Waals surface area (Å²) in [6.45, 7) is 6.32. The van der Waals surface area contributed by atoms with E-state index in [1.54, 1.807) is 47.0 Å². The van der Waals surface area contributed by atoms with Crippen LogP contribution in [-0.2, 0) is 0 Å². The minimum Gasteiger partial charge on any atom is -0.494 e. The number of benzene rings is 2. The fourth-order valence-electron chi connectivity index (χ4n) is 2.70. The van der Waals surface area contributed by atoms with Gasteiger partial charge in [0.1, 0.15) is 5.75 Å². The molecule has 0 saturated heterocycles. The van der Waals surface area contributed by atoms with Crippen LogP contribution in [-0.4, -0.2) is 17.2 Å². The number of hydrogen-bond acceptors (Lipinski definition) is 4. The number of aromatic nitrogens is 1. The summed E-state index contributed by atoms with van der Waals surface area (Å²) < 4.78 is 12.2. The third-order valence-corrected chi connectivity index (χ3v) is 3.81. The van der Waals surface area contributed by atoms with Crippen molar-refractivity contribution in [2.24, 2.45) is 0 Å². The van der Waals surface area contributed by atoms with Gasteiger partial charge in [-0.15, -0.1) is 0 Å². The zero-order chi connectivity index (χ0) is 18.7. The molecule has 0 bridgehead atoms. The standard InChI is InChI=1S/C19H21N3O4/c1-4-25-15-8-5-13(6-9-15)20-18(23)21-14-7-10-16-17(11-14)26-19(24)22(16)12(2)3/h5-12H,4H2,1-3H3,(H2,20,21,23). The van der Waals surface area contributed by atoms with Crippen molar-refractivity contribution in [1.29, 1.82) is 0 Å². The first-order valence-electron chi connectivity index (χ1n) is 8.44. The Morgan fingerprint density at radius 2 is 1.77 bits per heavy atom. The predicted octanol–water partition coefficient (Wildman–Crippen LogP) is 4.22. The Kier molecular flexibility index (Phi) is 4.97. The fourth-order valence-corrected chi connectivity index (χ4v) is 2.70. The van der Waals surface area contributed by atoms with E-state index in [0.717, 1.165) is 5.75 Å². The highest BCUT2D eigenvalue weighted by molar-refractivity contribution is 6.00. The van der Waals surface area contributed by atoms with Crippen LogP contribution < -0.4 is 21.1 Å². The third-order valence-electron chi connectivity index (χ3n) is 3.81. The van der Waals surface area contributed by atoms with Crippen LogP contribution >= 0.6 is 0 Å². The van der Waals surface area contributed by atoms with Crippen LogP contribution in [0.15, 0.2) is 51.7 Å². The molecule has 0 saturated carbocycles. The van der Waals surface area contributed by atoms with Gasteiger partial charge in [-0.25, -0.2) is 9.59 Å². The van der Waals surface area contributed by atoms with Crippen LogP contribution in [0.3, 0.4) is 0 Å². The Bertz CT molecular complexity index is 971. The van der Waals surface area contributed by atoms with Gasteiger partial charge in [0.15, 0.2) is 5.58 Å². The molecule has 0 aliphatic heterocycles. The number of carbonyl (C=O) groups is 1. The van der Waals surface area contributed by atoms with Crippen LogP contribution in [0, 0.1) is 0 Å². The molecule has 2 N–H and O–H groups in total. The molecule has 0 atom stereocenters. The van der Waals surface area contributed by atoms with Crippen molar-refractivity contribution in [3.8, 4) is 5.75 Å². The van der Waals surface area contributed by atoms with E-state index < -0.39 is 5.76 Å². The van der Waals surface area contributed by atoms with E-state index in [1.807, 2.05) is 20.8 Å². The maximum absolute atomic E-state index is 12.2. The average molecular weight is 355 g/mol. The predicted molar refractivity (Wildman–Crippen MR) is 101 cm³/mol. The van der Waals surface area contributed by atoms with Crippen LogP contribution in [0.1, 0.15) is 26.8 Å². The van der Waals surface area contributed by atoms with E-state index in [0.29, 0.717) is 29.1 Å². The molecule has 7 nitrogen and oxygen atoms in total. The molecule has 3 aromatic rings. The zero-order valence-corrected chi connectivity index (χ0v) is 14.9. The molecule has 0 radical (unpaired) electrons. The highest BCUT2D eigenvalue weighted by Gasteiger charge is 2.13. The minimum atomic E-state index is -0.411. The smallest absolute Gasteiger partial charge is 0.420 e. The molecule has 0 aliphatic rings. The molecular weight excluding hydrogens is 334 g/mol. The molecular formula is C19H21N3O4. The van der Waals surface area contributed by atoms with Crippen LogP contribution in [0.5, 0.6) is 5.75 Å². The van der Waals surface area contributed by atoms with Crippen LogP contribution in [0.25, 0.3) is 11.1 Å². The molecule has 0 aliphatic carbocycles. The van der Waals surface area contributed by atoms with Gasteiger partial charge in [-0.3, -0.25) is 4.57 Å². The summed E-state index contributed by atoms with van der Waals surface area (Å²) in [7, 11) is 0. The van der Waals surface area contributed by atoms with Crippen LogP contribution in [0.2, 0.25) is 0 Å². The van der Waals surface area contributed by atoms with E-state index in [-0.39, 0.29) is 12.1 Å². The topological polar surface area (TPSA) is 85.5 Å². The van der Waals surface area contributed by atoms with Crippen molar-refractivity contribution in [1.82, 2.24) is 4.57 Å². The lowest BCUT2D eigenvalue weighted by Gasteiger charge is -2.09. The number of amides is 2. The highest BCUT2D eigenvalue weighted by atomic mass is 16.5. The summed E-state index contributed by atoms with van der Waals surface area (Å²) in [6.07, 6.45) is 0.